The number of aliphatic hydroxyl groups excluding tert-OH is 1. The standard InChI is InChI=1S/C13H18O3/c1-15-9-10-2-4-11(5-3-10)13-12(8-14)6-7-16-13/h2-5,12-14H,6-9H2,1H3. The third-order valence-corrected chi connectivity index (χ3v) is 3.07. The molecule has 3 nitrogen and oxygen atoms in total. The molecule has 1 aromatic rings. The predicted molar refractivity (Wildman–Crippen MR) is 61.0 cm³/mol. The molecule has 0 amide bonds. The number of hydrogen-bond donors (Lipinski definition) is 1. The van der Waals surface area contributed by atoms with Crippen LogP contribution in [0.4, 0.5) is 0 Å². The molecule has 1 saturated heterocycles. The van der Waals surface area contributed by atoms with Gasteiger partial charge < -0.3 is 14.6 Å². The molecule has 1 fully saturated rings. The van der Waals surface area contributed by atoms with Crippen LogP contribution in [0.1, 0.15) is 23.7 Å². The second-order valence-corrected chi connectivity index (χ2v) is 4.20. The predicted octanol–water partition coefficient (Wildman–Crippen LogP) is 1.90. The van der Waals surface area contributed by atoms with Crippen molar-refractivity contribution in [3.05, 3.63) is 35.4 Å². The number of aliphatic hydroxyl groups is 1. The van der Waals surface area contributed by atoms with Gasteiger partial charge in [-0.2, -0.15) is 0 Å². The summed E-state index contributed by atoms with van der Waals surface area (Å²) in [7, 11) is 1.69. The lowest BCUT2D eigenvalue weighted by Gasteiger charge is -2.16. The first-order chi connectivity index (χ1) is 7.85. The van der Waals surface area contributed by atoms with Crippen molar-refractivity contribution in [2.45, 2.75) is 19.1 Å². The first kappa shape index (κ1) is 11.6. The van der Waals surface area contributed by atoms with Gasteiger partial charge in [-0.1, -0.05) is 24.3 Å². The topological polar surface area (TPSA) is 38.7 Å². The highest BCUT2D eigenvalue weighted by Crippen LogP contribution is 2.34. The Labute approximate surface area is 96.0 Å². The molecule has 0 aromatic heterocycles. The lowest BCUT2D eigenvalue weighted by Crippen LogP contribution is -2.11. The fourth-order valence-corrected chi connectivity index (χ4v) is 2.16. The van der Waals surface area contributed by atoms with Gasteiger partial charge in [-0.15, -0.1) is 0 Å². The van der Waals surface area contributed by atoms with Crippen LogP contribution in [0.15, 0.2) is 24.3 Å². The Bertz CT molecular complexity index is 320. The minimum atomic E-state index is 0.0570. The van der Waals surface area contributed by atoms with E-state index in [0.717, 1.165) is 24.2 Å². The van der Waals surface area contributed by atoms with Gasteiger partial charge in [0.05, 0.1) is 12.7 Å². The van der Waals surface area contributed by atoms with Crippen molar-refractivity contribution < 1.29 is 14.6 Å². The molecule has 0 bridgehead atoms. The maximum atomic E-state index is 9.24. The maximum absolute atomic E-state index is 9.24. The molecule has 0 aliphatic carbocycles. The fourth-order valence-electron chi connectivity index (χ4n) is 2.16. The first-order valence-electron chi connectivity index (χ1n) is 5.65. The van der Waals surface area contributed by atoms with Gasteiger partial charge in [0.15, 0.2) is 0 Å². The first-order valence-corrected chi connectivity index (χ1v) is 5.65. The second-order valence-electron chi connectivity index (χ2n) is 4.20. The van der Waals surface area contributed by atoms with E-state index in [1.54, 1.807) is 7.11 Å². The number of benzene rings is 1. The summed E-state index contributed by atoms with van der Waals surface area (Å²) in [4.78, 5) is 0. The van der Waals surface area contributed by atoms with Crippen molar-refractivity contribution in [1.82, 2.24) is 0 Å². The van der Waals surface area contributed by atoms with Crippen LogP contribution >= 0.6 is 0 Å². The normalized spacial score (nSPS) is 24.9. The number of ether oxygens (including phenoxy) is 2. The molecule has 1 aliphatic rings. The molecule has 0 radical (unpaired) electrons. The third-order valence-electron chi connectivity index (χ3n) is 3.07. The van der Waals surface area contributed by atoms with Crippen molar-refractivity contribution in [3.8, 4) is 0 Å². The minimum absolute atomic E-state index is 0.0570. The van der Waals surface area contributed by atoms with E-state index in [4.69, 9.17) is 9.47 Å². The second kappa shape index (κ2) is 5.43. The number of hydrogen-bond acceptors (Lipinski definition) is 3. The summed E-state index contributed by atoms with van der Waals surface area (Å²) in [6.07, 6.45) is 1.00. The number of rotatable bonds is 4. The highest BCUT2D eigenvalue weighted by Gasteiger charge is 2.28. The Kier molecular flexibility index (Phi) is 3.93. The zero-order valence-electron chi connectivity index (χ0n) is 9.56. The monoisotopic (exact) mass is 222 g/mol. The molecule has 3 heteroatoms. The van der Waals surface area contributed by atoms with Crippen LogP contribution in [-0.2, 0) is 16.1 Å². The average molecular weight is 222 g/mol. The van der Waals surface area contributed by atoms with Crippen LogP contribution in [0.2, 0.25) is 0 Å². The third kappa shape index (κ3) is 2.43. The van der Waals surface area contributed by atoms with E-state index in [-0.39, 0.29) is 18.6 Å². The van der Waals surface area contributed by atoms with E-state index in [2.05, 4.69) is 24.3 Å². The van der Waals surface area contributed by atoms with E-state index >= 15 is 0 Å². The Balaban J connectivity index is 2.08. The van der Waals surface area contributed by atoms with Gasteiger partial charge in [-0.3, -0.25) is 0 Å². The quantitative estimate of drug-likeness (QED) is 0.845. The van der Waals surface area contributed by atoms with Gasteiger partial charge in [0.2, 0.25) is 0 Å². The zero-order valence-corrected chi connectivity index (χ0v) is 9.56. The highest BCUT2D eigenvalue weighted by atomic mass is 16.5. The summed E-state index contributed by atoms with van der Waals surface area (Å²) >= 11 is 0. The molecule has 16 heavy (non-hydrogen) atoms. The van der Waals surface area contributed by atoms with Crippen LogP contribution in [0.25, 0.3) is 0 Å². The van der Waals surface area contributed by atoms with Crippen LogP contribution in [-0.4, -0.2) is 25.4 Å². The number of methoxy groups -OCH3 is 1. The van der Waals surface area contributed by atoms with E-state index in [1.165, 1.54) is 0 Å². The SMILES string of the molecule is COCc1ccc(C2OCCC2CO)cc1. The van der Waals surface area contributed by atoms with Gasteiger partial charge in [0.25, 0.3) is 0 Å². The van der Waals surface area contributed by atoms with E-state index in [9.17, 15) is 5.11 Å². The Morgan fingerprint density at radius 2 is 2.12 bits per heavy atom. The Hall–Kier alpha value is -0.900. The minimum Gasteiger partial charge on any atom is -0.396 e. The molecule has 88 valence electrons. The summed E-state index contributed by atoms with van der Waals surface area (Å²) in [5.41, 5.74) is 2.31. The van der Waals surface area contributed by atoms with Crippen molar-refractivity contribution in [3.63, 3.8) is 0 Å². The molecular weight excluding hydrogens is 204 g/mol. The molecule has 2 rings (SSSR count). The summed E-state index contributed by atoms with van der Waals surface area (Å²) < 4.78 is 10.7. The van der Waals surface area contributed by atoms with Gasteiger partial charge in [0, 0.05) is 26.2 Å². The van der Waals surface area contributed by atoms with Crippen molar-refractivity contribution >= 4 is 0 Å². The molecule has 0 spiro atoms. The molecule has 1 heterocycles. The van der Waals surface area contributed by atoms with E-state index < -0.39 is 0 Å². The lowest BCUT2D eigenvalue weighted by molar-refractivity contribution is 0.0720. The summed E-state index contributed by atoms with van der Waals surface area (Å²) in [5.74, 6) is 0.244. The Morgan fingerprint density at radius 3 is 2.75 bits per heavy atom. The summed E-state index contributed by atoms with van der Waals surface area (Å²) in [6, 6.07) is 8.23. The molecule has 0 saturated carbocycles. The van der Waals surface area contributed by atoms with Crippen molar-refractivity contribution in [1.29, 1.82) is 0 Å². The van der Waals surface area contributed by atoms with Crippen molar-refractivity contribution in [2.24, 2.45) is 5.92 Å². The molecule has 1 aromatic carbocycles. The molecule has 2 atom stereocenters. The van der Waals surface area contributed by atoms with Gasteiger partial charge in [0.1, 0.15) is 0 Å². The summed E-state index contributed by atoms with van der Waals surface area (Å²) in [6.45, 7) is 1.58. The van der Waals surface area contributed by atoms with Gasteiger partial charge in [-0.25, -0.2) is 0 Å². The summed E-state index contributed by atoms with van der Waals surface area (Å²) in [5, 5.41) is 9.24. The molecule has 1 aliphatic heterocycles. The fraction of sp³-hybridized carbons (Fsp3) is 0.538. The highest BCUT2D eigenvalue weighted by molar-refractivity contribution is 5.24. The smallest absolute Gasteiger partial charge is 0.0875 e. The van der Waals surface area contributed by atoms with Gasteiger partial charge >= 0.3 is 0 Å². The Morgan fingerprint density at radius 1 is 1.38 bits per heavy atom. The van der Waals surface area contributed by atoms with Crippen molar-refractivity contribution in [2.75, 3.05) is 20.3 Å². The molecule has 2 unspecified atom stereocenters. The van der Waals surface area contributed by atoms with Crippen LogP contribution in [0.3, 0.4) is 0 Å². The maximum Gasteiger partial charge on any atom is 0.0875 e. The average Bonchev–Trinajstić information content (AvgIpc) is 2.78. The van der Waals surface area contributed by atoms with E-state index in [1.807, 2.05) is 0 Å². The van der Waals surface area contributed by atoms with Crippen LogP contribution < -0.4 is 0 Å². The van der Waals surface area contributed by atoms with Crippen LogP contribution in [0, 0.1) is 5.92 Å². The largest absolute Gasteiger partial charge is 0.396 e. The van der Waals surface area contributed by atoms with E-state index in [0.29, 0.717) is 6.61 Å². The van der Waals surface area contributed by atoms with Crippen LogP contribution in [0.5, 0.6) is 0 Å². The zero-order chi connectivity index (χ0) is 11.4. The van der Waals surface area contributed by atoms with Gasteiger partial charge in [-0.05, 0) is 17.5 Å². The molecule has 1 N–H and O–H groups in total. The lowest BCUT2D eigenvalue weighted by atomic mass is 9.95. The molecular formula is C13H18O3.